The number of amides is 1. The Morgan fingerprint density at radius 2 is 1.58 bits per heavy atom. The number of nitrogens with zero attached hydrogens (tertiary/aromatic N) is 2. The van der Waals surface area contributed by atoms with Crippen LogP contribution in [0, 0.1) is 0 Å². The summed E-state index contributed by atoms with van der Waals surface area (Å²) in [5.74, 6) is 1.86. The van der Waals surface area contributed by atoms with Crippen LogP contribution in [-0.4, -0.2) is 30.1 Å². The maximum atomic E-state index is 13.1. The average Bonchev–Trinajstić information content (AvgIpc) is 2.86. The Hall–Kier alpha value is -4.04. The third-order valence-electron chi connectivity index (χ3n) is 4.57. The van der Waals surface area contributed by atoms with E-state index in [1.165, 1.54) is 11.8 Å². The van der Waals surface area contributed by atoms with Gasteiger partial charge in [-0.3, -0.25) is 4.79 Å². The minimum atomic E-state index is -0.264. The minimum Gasteiger partial charge on any atom is -0.493 e. The lowest BCUT2D eigenvalue weighted by Crippen LogP contribution is -2.13. The van der Waals surface area contributed by atoms with Crippen LogP contribution in [0.2, 0.25) is 0 Å². The van der Waals surface area contributed by atoms with E-state index in [9.17, 15) is 4.79 Å². The number of para-hydroxylation sites is 1. The molecule has 33 heavy (non-hydrogen) atoms. The molecule has 3 aromatic carbocycles. The van der Waals surface area contributed by atoms with E-state index < -0.39 is 0 Å². The quantitative estimate of drug-likeness (QED) is 0.362. The van der Waals surface area contributed by atoms with E-state index in [0.29, 0.717) is 44.3 Å². The number of anilines is 1. The molecule has 8 heteroatoms. The number of hydrogen-bond acceptors (Lipinski definition) is 7. The first-order chi connectivity index (χ1) is 16.2. The normalized spacial score (nSPS) is 10.4. The highest BCUT2D eigenvalue weighted by Gasteiger charge is 2.17. The monoisotopic (exact) mass is 459 g/mol. The van der Waals surface area contributed by atoms with E-state index in [-0.39, 0.29) is 5.91 Å². The predicted octanol–water partition coefficient (Wildman–Crippen LogP) is 5.69. The molecule has 0 fully saturated rings. The van der Waals surface area contributed by atoms with Crippen molar-refractivity contribution in [3.8, 4) is 23.1 Å². The molecule has 0 aliphatic heterocycles. The molecule has 4 rings (SSSR count). The van der Waals surface area contributed by atoms with E-state index in [2.05, 4.69) is 15.3 Å². The fourth-order valence-electron chi connectivity index (χ4n) is 3.01. The van der Waals surface area contributed by atoms with Crippen LogP contribution in [0.15, 0.2) is 95.1 Å². The summed E-state index contributed by atoms with van der Waals surface area (Å²) in [5.41, 5.74) is 1.08. The number of carbonyl (C=O) groups excluding carboxylic acids is 1. The number of hydrogen-bond donors (Lipinski definition) is 1. The molecule has 1 amide bonds. The van der Waals surface area contributed by atoms with E-state index in [4.69, 9.17) is 14.2 Å². The minimum absolute atomic E-state index is 0.264. The molecule has 7 nitrogen and oxygen atoms in total. The van der Waals surface area contributed by atoms with Gasteiger partial charge in [0.2, 0.25) is 0 Å². The first-order valence-electron chi connectivity index (χ1n) is 10.0. The summed E-state index contributed by atoms with van der Waals surface area (Å²) in [4.78, 5) is 22.5. The first-order valence-corrected chi connectivity index (χ1v) is 10.8. The van der Waals surface area contributed by atoms with Crippen LogP contribution < -0.4 is 19.5 Å². The molecule has 0 unspecified atom stereocenters. The summed E-state index contributed by atoms with van der Waals surface area (Å²) < 4.78 is 16.5. The van der Waals surface area contributed by atoms with Crippen LogP contribution in [0.4, 0.5) is 5.69 Å². The van der Waals surface area contributed by atoms with Crippen molar-refractivity contribution in [1.29, 1.82) is 0 Å². The van der Waals surface area contributed by atoms with Crippen molar-refractivity contribution in [3.05, 3.63) is 90.8 Å². The summed E-state index contributed by atoms with van der Waals surface area (Å²) in [6.07, 6.45) is 3.16. The molecule has 0 bridgehead atoms. The van der Waals surface area contributed by atoms with Crippen molar-refractivity contribution >= 4 is 23.4 Å². The highest BCUT2D eigenvalue weighted by molar-refractivity contribution is 7.99. The smallest absolute Gasteiger partial charge is 0.256 e. The van der Waals surface area contributed by atoms with Crippen LogP contribution in [0.25, 0.3) is 0 Å². The van der Waals surface area contributed by atoms with Crippen molar-refractivity contribution in [1.82, 2.24) is 9.97 Å². The number of carbonyl (C=O) groups is 1. The first kappa shape index (κ1) is 22.2. The number of nitrogens with one attached hydrogen (secondary N) is 1. The Morgan fingerprint density at radius 3 is 2.36 bits per heavy atom. The van der Waals surface area contributed by atoms with E-state index in [0.717, 1.165) is 0 Å². The van der Waals surface area contributed by atoms with Gasteiger partial charge in [-0.15, -0.1) is 0 Å². The Bertz CT molecular complexity index is 1250. The highest BCUT2D eigenvalue weighted by atomic mass is 32.2. The SMILES string of the molecule is COc1ccc(NC(=O)c2ccccc2Sc2nccnc2Oc2ccccc2)cc1OC. The molecule has 1 heterocycles. The van der Waals surface area contributed by atoms with Crippen molar-refractivity contribution in [2.24, 2.45) is 0 Å². The summed E-state index contributed by atoms with van der Waals surface area (Å²) in [7, 11) is 3.11. The second-order valence-electron chi connectivity index (χ2n) is 6.70. The highest BCUT2D eigenvalue weighted by Crippen LogP contribution is 2.36. The molecule has 0 saturated heterocycles. The molecule has 166 valence electrons. The topological polar surface area (TPSA) is 82.6 Å². The van der Waals surface area contributed by atoms with Gasteiger partial charge in [0.1, 0.15) is 5.75 Å². The maximum Gasteiger partial charge on any atom is 0.256 e. The van der Waals surface area contributed by atoms with Gasteiger partial charge in [0.05, 0.1) is 19.8 Å². The van der Waals surface area contributed by atoms with Gasteiger partial charge in [0.15, 0.2) is 16.5 Å². The molecule has 1 N–H and O–H groups in total. The van der Waals surface area contributed by atoms with Crippen LogP contribution in [0.3, 0.4) is 0 Å². The summed E-state index contributed by atoms with van der Waals surface area (Å²) in [6, 6.07) is 21.8. The van der Waals surface area contributed by atoms with Gasteiger partial charge < -0.3 is 19.5 Å². The fraction of sp³-hybridized carbons (Fsp3) is 0.0800. The van der Waals surface area contributed by atoms with E-state index >= 15 is 0 Å². The van der Waals surface area contributed by atoms with Gasteiger partial charge in [-0.05, 0) is 36.4 Å². The van der Waals surface area contributed by atoms with Gasteiger partial charge in [0.25, 0.3) is 11.8 Å². The summed E-state index contributed by atoms with van der Waals surface area (Å²) in [5, 5.41) is 3.46. The van der Waals surface area contributed by atoms with Crippen LogP contribution in [-0.2, 0) is 0 Å². The Kier molecular flexibility index (Phi) is 7.06. The van der Waals surface area contributed by atoms with Gasteiger partial charge >= 0.3 is 0 Å². The lowest BCUT2D eigenvalue weighted by atomic mass is 10.2. The third kappa shape index (κ3) is 5.42. The molecule has 0 radical (unpaired) electrons. The van der Waals surface area contributed by atoms with Gasteiger partial charge in [-0.25, -0.2) is 9.97 Å². The molecule has 1 aromatic heterocycles. The predicted molar refractivity (Wildman–Crippen MR) is 127 cm³/mol. The molecule has 0 atom stereocenters. The number of rotatable bonds is 8. The molecule has 0 aliphatic carbocycles. The molecule has 4 aromatic rings. The largest absolute Gasteiger partial charge is 0.493 e. The average molecular weight is 460 g/mol. The van der Waals surface area contributed by atoms with Crippen LogP contribution in [0.1, 0.15) is 10.4 Å². The standard InChI is InChI=1S/C25H21N3O4S/c1-30-20-13-12-17(16-21(20)31-2)28-23(29)19-10-6-7-11-22(19)33-25-24(26-14-15-27-25)32-18-8-4-3-5-9-18/h3-16H,1-2H3,(H,28,29). The van der Waals surface area contributed by atoms with Crippen LogP contribution >= 0.6 is 11.8 Å². The van der Waals surface area contributed by atoms with Crippen molar-refractivity contribution in [2.75, 3.05) is 19.5 Å². The van der Waals surface area contributed by atoms with Gasteiger partial charge in [-0.2, -0.15) is 0 Å². The summed E-state index contributed by atoms with van der Waals surface area (Å²) in [6.45, 7) is 0. The van der Waals surface area contributed by atoms with Crippen molar-refractivity contribution in [3.63, 3.8) is 0 Å². The van der Waals surface area contributed by atoms with Crippen molar-refractivity contribution < 1.29 is 19.0 Å². The lowest BCUT2D eigenvalue weighted by molar-refractivity contribution is 0.102. The van der Waals surface area contributed by atoms with Crippen molar-refractivity contribution in [2.45, 2.75) is 9.92 Å². The molecule has 0 saturated carbocycles. The number of ether oxygens (including phenoxy) is 3. The second kappa shape index (κ2) is 10.5. The lowest BCUT2D eigenvalue weighted by Gasteiger charge is -2.13. The second-order valence-corrected chi connectivity index (χ2v) is 7.73. The molecule has 0 aliphatic rings. The molecule has 0 spiro atoms. The Balaban J connectivity index is 1.57. The Labute approximate surface area is 195 Å². The van der Waals surface area contributed by atoms with Crippen LogP contribution in [0.5, 0.6) is 23.1 Å². The summed E-state index contributed by atoms with van der Waals surface area (Å²) >= 11 is 1.31. The number of methoxy groups -OCH3 is 2. The zero-order valence-electron chi connectivity index (χ0n) is 18.0. The molecular weight excluding hydrogens is 438 g/mol. The molecular formula is C25H21N3O4S. The zero-order chi connectivity index (χ0) is 23.0. The third-order valence-corrected chi connectivity index (χ3v) is 5.62. The van der Waals surface area contributed by atoms with E-state index in [1.807, 2.05) is 48.5 Å². The number of benzene rings is 3. The van der Waals surface area contributed by atoms with Gasteiger partial charge in [0, 0.05) is 29.0 Å². The number of aromatic nitrogens is 2. The maximum absolute atomic E-state index is 13.1. The zero-order valence-corrected chi connectivity index (χ0v) is 18.8. The van der Waals surface area contributed by atoms with E-state index in [1.54, 1.807) is 50.9 Å². The Morgan fingerprint density at radius 1 is 0.848 bits per heavy atom. The van der Waals surface area contributed by atoms with Gasteiger partial charge in [-0.1, -0.05) is 42.1 Å². The fourth-order valence-corrected chi connectivity index (χ4v) is 3.93.